The van der Waals surface area contributed by atoms with E-state index in [2.05, 4.69) is 20.6 Å². The van der Waals surface area contributed by atoms with Gasteiger partial charge < -0.3 is 10.6 Å². The van der Waals surface area contributed by atoms with Gasteiger partial charge in [0.25, 0.3) is 0 Å². The molecular formula is C10H12F3N5O2. The smallest absolute Gasteiger partial charge is 0.357 e. The molecule has 10 heteroatoms. The highest BCUT2D eigenvalue weighted by molar-refractivity contribution is 5.63. The monoisotopic (exact) mass is 291 g/mol. The number of nitro groups is 1. The second-order valence-electron chi connectivity index (χ2n) is 4.54. The first-order valence-electron chi connectivity index (χ1n) is 5.76. The number of hydrogen-bond acceptors (Lipinski definition) is 6. The van der Waals surface area contributed by atoms with Crippen molar-refractivity contribution in [2.45, 2.75) is 31.5 Å². The van der Waals surface area contributed by atoms with Gasteiger partial charge >= 0.3 is 11.9 Å². The molecule has 0 spiro atoms. The van der Waals surface area contributed by atoms with Crippen LogP contribution >= 0.6 is 0 Å². The summed E-state index contributed by atoms with van der Waals surface area (Å²) in [6.45, 7) is 1.35. The van der Waals surface area contributed by atoms with Gasteiger partial charge in [0.1, 0.15) is 11.2 Å². The lowest BCUT2D eigenvalue weighted by atomic mass is 10.2. The van der Waals surface area contributed by atoms with Gasteiger partial charge in [-0.2, -0.15) is 18.2 Å². The first-order valence-corrected chi connectivity index (χ1v) is 5.76. The second kappa shape index (κ2) is 4.46. The maximum Gasteiger partial charge on any atom is 0.411 e. The summed E-state index contributed by atoms with van der Waals surface area (Å²) in [6.07, 6.45) is -4.75. The first kappa shape index (κ1) is 14.3. The van der Waals surface area contributed by atoms with Crippen molar-refractivity contribution in [1.82, 2.24) is 9.97 Å². The van der Waals surface area contributed by atoms with Crippen LogP contribution in [-0.2, 0) is 0 Å². The summed E-state index contributed by atoms with van der Waals surface area (Å²) in [4.78, 5) is 17.7. The maximum absolute atomic E-state index is 12.9. The molecule has 0 amide bonds. The third-order valence-electron chi connectivity index (χ3n) is 3.11. The van der Waals surface area contributed by atoms with E-state index in [0.717, 1.165) is 0 Å². The number of aromatic nitrogens is 2. The van der Waals surface area contributed by atoms with Gasteiger partial charge in [0.05, 0.1) is 4.92 Å². The van der Waals surface area contributed by atoms with E-state index in [4.69, 9.17) is 0 Å². The summed E-state index contributed by atoms with van der Waals surface area (Å²) in [5, 5.41) is 15.7. The van der Waals surface area contributed by atoms with Gasteiger partial charge in [-0.3, -0.25) is 10.1 Å². The molecule has 7 nitrogen and oxygen atoms in total. The van der Waals surface area contributed by atoms with Crippen LogP contribution in [0, 0.1) is 17.0 Å². The SMILES string of the molecule is CNc1nc(C)c([N+](=O)[O-])c(NC2(C(F)(F)F)CC2)n1. The van der Waals surface area contributed by atoms with Crippen molar-refractivity contribution in [2.24, 2.45) is 0 Å². The van der Waals surface area contributed by atoms with E-state index in [1.54, 1.807) is 0 Å². The Hall–Kier alpha value is -2.13. The fourth-order valence-electron chi connectivity index (χ4n) is 1.82. The number of halogens is 3. The minimum Gasteiger partial charge on any atom is -0.357 e. The Labute approximate surface area is 111 Å². The molecule has 0 radical (unpaired) electrons. The van der Waals surface area contributed by atoms with Gasteiger partial charge in [0.15, 0.2) is 0 Å². The molecule has 2 rings (SSSR count). The van der Waals surface area contributed by atoms with Crippen molar-refractivity contribution >= 4 is 17.5 Å². The number of rotatable bonds is 4. The summed E-state index contributed by atoms with van der Waals surface area (Å²) in [6, 6.07) is 0. The van der Waals surface area contributed by atoms with Crippen LogP contribution in [0.1, 0.15) is 18.5 Å². The summed E-state index contributed by atoms with van der Waals surface area (Å²) in [5.74, 6) is -0.393. The largest absolute Gasteiger partial charge is 0.411 e. The average molecular weight is 291 g/mol. The minimum atomic E-state index is -4.49. The Kier molecular flexibility index (Phi) is 3.18. The molecule has 110 valence electrons. The van der Waals surface area contributed by atoms with E-state index in [-0.39, 0.29) is 24.5 Å². The van der Waals surface area contributed by atoms with Gasteiger partial charge in [0.2, 0.25) is 11.8 Å². The number of anilines is 2. The molecule has 1 fully saturated rings. The lowest BCUT2D eigenvalue weighted by Crippen LogP contribution is -2.39. The standard InChI is InChI=1S/C10H12F3N5O2/c1-5-6(18(19)20)7(16-8(14-2)15-5)17-9(3-4-9)10(11,12)13/h3-4H2,1-2H3,(H2,14,15,16,17). The van der Waals surface area contributed by atoms with Crippen molar-refractivity contribution in [2.75, 3.05) is 17.7 Å². The zero-order valence-corrected chi connectivity index (χ0v) is 10.7. The number of hydrogen-bond donors (Lipinski definition) is 2. The maximum atomic E-state index is 12.9. The van der Waals surface area contributed by atoms with Crippen LogP contribution in [0.3, 0.4) is 0 Å². The topological polar surface area (TPSA) is 93.0 Å². The third-order valence-corrected chi connectivity index (χ3v) is 3.11. The molecule has 1 aromatic rings. The molecule has 2 N–H and O–H groups in total. The highest BCUT2D eigenvalue weighted by Gasteiger charge is 2.64. The van der Waals surface area contributed by atoms with Crippen LogP contribution in [0.4, 0.5) is 30.6 Å². The number of nitrogens with one attached hydrogen (secondary N) is 2. The van der Waals surface area contributed by atoms with Crippen molar-refractivity contribution in [1.29, 1.82) is 0 Å². The summed E-state index contributed by atoms with van der Waals surface area (Å²) in [7, 11) is 1.47. The Balaban J connectivity index is 2.45. The highest BCUT2D eigenvalue weighted by atomic mass is 19.4. The van der Waals surface area contributed by atoms with E-state index in [0.29, 0.717) is 0 Å². The lowest BCUT2D eigenvalue weighted by molar-refractivity contribution is -0.385. The predicted molar refractivity (Wildman–Crippen MR) is 64.6 cm³/mol. The van der Waals surface area contributed by atoms with Crippen LogP contribution in [-0.4, -0.2) is 33.7 Å². The molecule has 1 aliphatic rings. The molecule has 1 aromatic heterocycles. The number of nitrogens with zero attached hydrogens (tertiary/aromatic N) is 3. The Morgan fingerprint density at radius 3 is 2.35 bits per heavy atom. The van der Waals surface area contributed by atoms with Crippen LogP contribution in [0.2, 0.25) is 0 Å². The molecule has 0 atom stereocenters. The van der Waals surface area contributed by atoms with Gasteiger partial charge in [-0.1, -0.05) is 0 Å². The van der Waals surface area contributed by atoms with Crippen molar-refractivity contribution in [3.05, 3.63) is 15.8 Å². The van der Waals surface area contributed by atoms with E-state index in [1.807, 2.05) is 0 Å². The Bertz CT molecular complexity index is 557. The molecular weight excluding hydrogens is 279 g/mol. The van der Waals surface area contributed by atoms with Crippen molar-refractivity contribution in [3.8, 4) is 0 Å². The molecule has 20 heavy (non-hydrogen) atoms. The molecule has 0 saturated heterocycles. The van der Waals surface area contributed by atoms with Gasteiger partial charge in [0, 0.05) is 7.05 Å². The molecule has 1 heterocycles. The molecule has 0 aromatic carbocycles. The van der Waals surface area contributed by atoms with E-state index >= 15 is 0 Å². The minimum absolute atomic E-state index is 0.00479. The molecule has 0 unspecified atom stereocenters. The van der Waals surface area contributed by atoms with Crippen LogP contribution < -0.4 is 10.6 Å². The second-order valence-corrected chi connectivity index (χ2v) is 4.54. The fourth-order valence-corrected chi connectivity index (χ4v) is 1.82. The quantitative estimate of drug-likeness (QED) is 0.652. The zero-order valence-electron chi connectivity index (χ0n) is 10.7. The van der Waals surface area contributed by atoms with Gasteiger partial charge in [-0.05, 0) is 19.8 Å². The zero-order chi connectivity index (χ0) is 15.1. The molecule has 1 saturated carbocycles. The van der Waals surface area contributed by atoms with E-state index < -0.39 is 28.1 Å². The molecule has 1 aliphatic carbocycles. The van der Waals surface area contributed by atoms with Crippen LogP contribution in [0.5, 0.6) is 0 Å². The van der Waals surface area contributed by atoms with E-state index in [1.165, 1.54) is 14.0 Å². The van der Waals surface area contributed by atoms with Gasteiger partial charge in [-0.25, -0.2) is 4.98 Å². The normalized spacial score (nSPS) is 16.6. The van der Waals surface area contributed by atoms with Crippen LogP contribution in [0.25, 0.3) is 0 Å². The molecule has 0 aliphatic heterocycles. The summed E-state index contributed by atoms with van der Waals surface area (Å²) >= 11 is 0. The van der Waals surface area contributed by atoms with E-state index in [9.17, 15) is 23.3 Å². The van der Waals surface area contributed by atoms with Gasteiger partial charge in [-0.15, -0.1) is 0 Å². The molecule has 0 bridgehead atoms. The van der Waals surface area contributed by atoms with Crippen molar-refractivity contribution in [3.63, 3.8) is 0 Å². The van der Waals surface area contributed by atoms with Crippen molar-refractivity contribution < 1.29 is 18.1 Å². The summed E-state index contributed by atoms with van der Waals surface area (Å²) in [5.41, 5.74) is -2.67. The summed E-state index contributed by atoms with van der Waals surface area (Å²) < 4.78 is 38.7. The number of alkyl halides is 3. The fraction of sp³-hybridized carbons (Fsp3) is 0.600. The highest BCUT2D eigenvalue weighted by Crippen LogP contribution is 2.51. The third kappa shape index (κ3) is 2.32. The predicted octanol–water partition coefficient (Wildman–Crippen LogP) is 2.24. The Morgan fingerprint density at radius 2 is 1.95 bits per heavy atom. The number of aryl methyl sites for hydroxylation is 1. The van der Waals surface area contributed by atoms with Crippen LogP contribution in [0.15, 0.2) is 0 Å². The Morgan fingerprint density at radius 1 is 1.35 bits per heavy atom. The lowest BCUT2D eigenvalue weighted by Gasteiger charge is -2.21. The average Bonchev–Trinajstić information content (AvgIpc) is 3.07. The first-order chi connectivity index (χ1) is 9.20.